The van der Waals surface area contributed by atoms with Gasteiger partial charge in [-0.3, -0.25) is 4.98 Å². The highest BCUT2D eigenvalue weighted by molar-refractivity contribution is 5.94. The van der Waals surface area contributed by atoms with Gasteiger partial charge in [-0.1, -0.05) is 6.07 Å². The van der Waals surface area contributed by atoms with Gasteiger partial charge in [-0.2, -0.15) is 0 Å². The summed E-state index contributed by atoms with van der Waals surface area (Å²) >= 11 is 0. The van der Waals surface area contributed by atoms with Gasteiger partial charge in [0, 0.05) is 49.1 Å². The van der Waals surface area contributed by atoms with Gasteiger partial charge >= 0.3 is 0 Å². The zero-order chi connectivity index (χ0) is 21.2. The van der Waals surface area contributed by atoms with Gasteiger partial charge in [0.05, 0.1) is 5.52 Å². The van der Waals surface area contributed by atoms with E-state index in [4.69, 9.17) is 5.73 Å². The fourth-order valence-electron chi connectivity index (χ4n) is 3.91. The van der Waals surface area contributed by atoms with E-state index < -0.39 is 0 Å². The summed E-state index contributed by atoms with van der Waals surface area (Å²) in [6.07, 6.45) is 3.30. The highest BCUT2D eigenvalue weighted by Crippen LogP contribution is 2.32. The largest absolute Gasteiger partial charge is 0.393 e. The van der Waals surface area contributed by atoms with Crippen LogP contribution >= 0.6 is 0 Å². The van der Waals surface area contributed by atoms with Crippen LogP contribution in [-0.2, 0) is 0 Å². The van der Waals surface area contributed by atoms with Crippen LogP contribution in [0.25, 0.3) is 10.9 Å². The normalized spacial score (nSPS) is 14.1. The molecular weight excluding hydrogens is 393 g/mol. The van der Waals surface area contributed by atoms with E-state index in [1.807, 2.05) is 42.5 Å². The Labute approximate surface area is 179 Å². The average molecular weight is 415 g/mol. The van der Waals surface area contributed by atoms with Crippen LogP contribution in [0, 0.1) is 5.82 Å². The number of halogens is 1. The maximum absolute atomic E-state index is 13.2. The van der Waals surface area contributed by atoms with Gasteiger partial charge in [0.25, 0.3) is 0 Å². The maximum Gasteiger partial charge on any atom is 0.159 e. The minimum Gasteiger partial charge on any atom is -0.393 e. The number of fused-ring (bicyclic) bond motifs is 1. The first-order valence-corrected chi connectivity index (χ1v) is 10.2. The molecule has 5 rings (SSSR count). The van der Waals surface area contributed by atoms with Gasteiger partial charge < -0.3 is 20.9 Å². The van der Waals surface area contributed by atoms with Crippen molar-refractivity contribution >= 4 is 39.6 Å². The lowest BCUT2D eigenvalue weighted by Crippen LogP contribution is -2.47. The third-order valence-corrected chi connectivity index (χ3v) is 5.53. The first-order valence-electron chi connectivity index (χ1n) is 10.2. The van der Waals surface area contributed by atoms with E-state index in [0.717, 1.165) is 54.3 Å². The Bertz CT molecular complexity index is 1200. The number of nitrogens with one attached hydrogen (secondary N) is 1. The van der Waals surface area contributed by atoms with Gasteiger partial charge in [0.1, 0.15) is 17.8 Å². The molecule has 3 N–H and O–H groups in total. The summed E-state index contributed by atoms with van der Waals surface area (Å²) in [6, 6.07) is 16.4. The number of nitrogens with two attached hydrogens (primary N) is 1. The van der Waals surface area contributed by atoms with Gasteiger partial charge in [-0.05, 0) is 48.5 Å². The lowest BCUT2D eigenvalue weighted by atomic mass is 10.2. The summed E-state index contributed by atoms with van der Waals surface area (Å²) in [5.41, 5.74) is 9.79. The Kier molecular flexibility index (Phi) is 4.95. The fourth-order valence-corrected chi connectivity index (χ4v) is 3.91. The van der Waals surface area contributed by atoms with E-state index in [-0.39, 0.29) is 5.82 Å². The van der Waals surface area contributed by atoms with Crippen molar-refractivity contribution in [1.82, 2.24) is 15.0 Å². The monoisotopic (exact) mass is 415 g/mol. The van der Waals surface area contributed by atoms with Crippen LogP contribution in [0.5, 0.6) is 0 Å². The molecule has 0 radical (unpaired) electrons. The number of hydrogen-bond donors (Lipinski definition) is 2. The maximum atomic E-state index is 13.2. The molecular formula is C23H22FN7. The van der Waals surface area contributed by atoms with Crippen molar-refractivity contribution < 1.29 is 4.39 Å². The minimum absolute atomic E-state index is 0.224. The summed E-state index contributed by atoms with van der Waals surface area (Å²) in [5.74, 6) is 1.06. The van der Waals surface area contributed by atoms with Crippen molar-refractivity contribution in [2.45, 2.75) is 0 Å². The van der Waals surface area contributed by atoms with Crippen LogP contribution in [0.3, 0.4) is 0 Å². The zero-order valence-corrected chi connectivity index (χ0v) is 16.9. The van der Waals surface area contributed by atoms with E-state index in [1.54, 1.807) is 6.20 Å². The van der Waals surface area contributed by atoms with Crippen LogP contribution in [0.4, 0.5) is 33.1 Å². The number of piperazine rings is 1. The standard InChI is InChI=1S/C23H22FN7/c24-16-6-8-17(9-7-16)30-11-13-31(14-12-30)23-21(25)22(27-15-28-23)29-20-5-1-4-19-18(20)3-2-10-26-19/h1-10,15H,11-14,25H2,(H,27,28,29). The molecule has 2 aromatic heterocycles. The number of aromatic nitrogens is 3. The second-order valence-corrected chi connectivity index (χ2v) is 7.41. The molecule has 8 heteroatoms. The molecule has 0 spiro atoms. The summed E-state index contributed by atoms with van der Waals surface area (Å²) in [4.78, 5) is 17.6. The Morgan fingerprint density at radius 1 is 0.839 bits per heavy atom. The van der Waals surface area contributed by atoms with Crippen molar-refractivity contribution in [1.29, 1.82) is 0 Å². The van der Waals surface area contributed by atoms with Crippen molar-refractivity contribution in [2.24, 2.45) is 0 Å². The minimum atomic E-state index is -0.224. The molecule has 1 fully saturated rings. The van der Waals surface area contributed by atoms with Crippen molar-refractivity contribution in [3.05, 3.63) is 72.9 Å². The molecule has 3 heterocycles. The molecule has 1 saturated heterocycles. The predicted molar refractivity (Wildman–Crippen MR) is 122 cm³/mol. The van der Waals surface area contributed by atoms with Crippen LogP contribution in [-0.4, -0.2) is 41.1 Å². The number of anilines is 5. The molecule has 0 aliphatic carbocycles. The first kappa shape index (κ1) is 19.0. The highest BCUT2D eigenvalue weighted by atomic mass is 19.1. The molecule has 0 amide bonds. The SMILES string of the molecule is Nc1c(Nc2cccc3ncccc23)ncnc1N1CCN(c2ccc(F)cc2)CC1. The summed E-state index contributed by atoms with van der Waals surface area (Å²) in [7, 11) is 0. The van der Waals surface area contributed by atoms with Crippen LogP contribution in [0.2, 0.25) is 0 Å². The van der Waals surface area contributed by atoms with Gasteiger partial charge in [0.2, 0.25) is 0 Å². The molecule has 4 aromatic rings. The number of rotatable bonds is 4. The second-order valence-electron chi connectivity index (χ2n) is 7.41. The van der Waals surface area contributed by atoms with E-state index in [9.17, 15) is 4.39 Å². The van der Waals surface area contributed by atoms with Crippen molar-refractivity contribution in [2.75, 3.05) is 47.0 Å². The molecule has 0 bridgehead atoms. The zero-order valence-electron chi connectivity index (χ0n) is 16.9. The molecule has 0 atom stereocenters. The van der Waals surface area contributed by atoms with Crippen molar-refractivity contribution in [3.8, 4) is 0 Å². The molecule has 1 aliphatic heterocycles. The number of hydrogen-bond acceptors (Lipinski definition) is 7. The second kappa shape index (κ2) is 8.06. The Balaban J connectivity index is 1.35. The molecule has 0 saturated carbocycles. The van der Waals surface area contributed by atoms with Crippen LogP contribution in [0.1, 0.15) is 0 Å². The lowest BCUT2D eigenvalue weighted by Gasteiger charge is -2.37. The molecule has 7 nitrogen and oxygen atoms in total. The number of benzene rings is 2. The van der Waals surface area contributed by atoms with E-state index >= 15 is 0 Å². The summed E-state index contributed by atoms with van der Waals surface area (Å²) in [5, 5.41) is 4.34. The predicted octanol–water partition coefficient (Wildman–Crippen LogP) is 3.82. The van der Waals surface area contributed by atoms with Gasteiger partial charge in [0.15, 0.2) is 11.6 Å². The number of nitrogen functional groups attached to an aromatic ring is 1. The molecule has 156 valence electrons. The smallest absolute Gasteiger partial charge is 0.159 e. The van der Waals surface area contributed by atoms with Crippen LogP contribution in [0.15, 0.2) is 67.1 Å². The number of nitrogens with zero attached hydrogens (tertiary/aromatic N) is 5. The summed E-state index contributed by atoms with van der Waals surface area (Å²) in [6.45, 7) is 3.12. The average Bonchev–Trinajstić information content (AvgIpc) is 2.81. The van der Waals surface area contributed by atoms with E-state index in [1.165, 1.54) is 18.5 Å². The number of pyridine rings is 1. The van der Waals surface area contributed by atoms with Crippen LogP contribution < -0.4 is 20.9 Å². The lowest BCUT2D eigenvalue weighted by molar-refractivity contribution is 0.624. The quantitative estimate of drug-likeness (QED) is 0.524. The van der Waals surface area contributed by atoms with Gasteiger partial charge in [-0.25, -0.2) is 14.4 Å². The summed E-state index contributed by atoms with van der Waals surface area (Å²) < 4.78 is 13.2. The highest BCUT2D eigenvalue weighted by Gasteiger charge is 2.22. The Morgan fingerprint density at radius 2 is 1.61 bits per heavy atom. The fraction of sp³-hybridized carbons (Fsp3) is 0.174. The first-order chi connectivity index (χ1) is 15.2. The molecule has 0 unspecified atom stereocenters. The topological polar surface area (TPSA) is 83.2 Å². The third-order valence-electron chi connectivity index (χ3n) is 5.53. The van der Waals surface area contributed by atoms with Gasteiger partial charge in [-0.15, -0.1) is 0 Å². The van der Waals surface area contributed by atoms with Crippen molar-refractivity contribution in [3.63, 3.8) is 0 Å². The molecule has 31 heavy (non-hydrogen) atoms. The van der Waals surface area contributed by atoms with E-state index in [2.05, 4.69) is 30.1 Å². The third kappa shape index (κ3) is 3.79. The molecule has 2 aromatic carbocycles. The Morgan fingerprint density at radius 3 is 2.42 bits per heavy atom. The molecule has 1 aliphatic rings. The Hall–Kier alpha value is -3.94. The van der Waals surface area contributed by atoms with E-state index in [0.29, 0.717) is 11.5 Å².